The molecule has 142 valence electrons. The van der Waals surface area contributed by atoms with E-state index in [0.29, 0.717) is 4.47 Å². The highest BCUT2D eigenvalue weighted by Gasteiger charge is 2.74. The van der Waals surface area contributed by atoms with Gasteiger partial charge in [0.2, 0.25) is 15.3 Å². The van der Waals surface area contributed by atoms with Crippen molar-refractivity contribution in [2.24, 2.45) is 5.41 Å². The Kier molecular flexibility index (Phi) is 4.72. The zero-order valence-electron chi connectivity index (χ0n) is 13.9. The molecular weight excluding hydrogens is 446 g/mol. The van der Waals surface area contributed by atoms with Gasteiger partial charge in [0.05, 0.1) is 12.0 Å². The summed E-state index contributed by atoms with van der Waals surface area (Å²) in [4.78, 5) is 24.6. The van der Waals surface area contributed by atoms with Crippen LogP contribution < -0.4 is 0 Å². The largest absolute Gasteiger partial charge is 0.468 e. The molecule has 9 heteroatoms. The van der Waals surface area contributed by atoms with Crippen LogP contribution in [-0.2, 0) is 25.8 Å². The van der Waals surface area contributed by atoms with Crippen LogP contribution in [0.15, 0.2) is 57.9 Å². The summed E-state index contributed by atoms with van der Waals surface area (Å²) in [6.07, 6.45) is -0.785. The van der Waals surface area contributed by atoms with E-state index >= 15 is 8.78 Å². The van der Waals surface area contributed by atoms with Gasteiger partial charge in [0.15, 0.2) is 5.78 Å². The molecule has 1 aliphatic carbocycles. The van der Waals surface area contributed by atoms with E-state index in [9.17, 15) is 18.0 Å². The molecule has 0 bridgehead atoms. The van der Waals surface area contributed by atoms with Gasteiger partial charge in [-0.1, -0.05) is 34.1 Å². The normalized spacial score (nSPS) is 19.6. The van der Waals surface area contributed by atoms with Crippen LogP contribution in [0.4, 0.5) is 8.78 Å². The number of halogens is 3. The average Bonchev–Trinajstić information content (AvgIpc) is 2.94. The molecule has 2 aromatic rings. The molecule has 0 amide bonds. The number of carbonyl (C=O) groups is 2. The summed E-state index contributed by atoms with van der Waals surface area (Å²) >= 11 is 3.17. The first kappa shape index (κ1) is 19.6. The third kappa shape index (κ3) is 2.63. The molecular formula is C18H13BrF2O5S. The van der Waals surface area contributed by atoms with Crippen LogP contribution in [0.25, 0.3) is 0 Å². The zero-order valence-corrected chi connectivity index (χ0v) is 16.3. The van der Waals surface area contributed by atoms with Crippen LogP contribution in [0, 0.1) is 5.41 Å². The second-order valence-electron chi connectivity index (χ2n) is 6.04. The third-order valence-electron chi connectivity index (χ3n) is 4.58. The van der Waals surface area contributed by atoms with Gasteiger partial charge in [-0.25, -0.2) is 8.42 Å². The molecule has 0 spiro atoms. The number of benzene rings is 2. The van der Waals surface area contributed by atoms with E-state index in [0.717, 1.165) is 19.2 Å². The first-order valence-electron chi connectivity index (χ1n) is 7.68. The Morgan fingerprint density at radius 3 is 2.41 bits per heavy atom. The monoisotopic (exact) mass is 458 g/mol. The lowest BCUT2D eigenvalue weighted by atomic mass is 9.83. The van der Waals surface area contributed by atoms with E-state index in [1.54, 1.807) is 0 Å². The van der Waals surface area contributed by atoms with Gasteiger partial charge in [-0.05, 0) is 35.9 Å². The van der Waals surface area contributed by atoms with Gasteiger partial charge >= 0.3 is 11.2 Å². The number of ether oxygens (including phenoxy) is 1. The summed E-state index contributed by atoms with van der Waals surface area (Å²) in [6, 6.07) is 10.1. The topological polar surface area (TPSA) is 77.5 Å². The number of carbonyl (C=O) groups excluding carboxylic acids is 2. The molecule has 0 saturated heterocycles. The summed E-state index contributed by atoms with van der Waals surface area (Å²) in [7, 11) is -4.53. The molecule has 0 N–H and O–H groups in total. The Bertz CT molecular complexity index is 1040. The maximum Gasteiger partial charge on any atom is 0.373 e. The Labute approximate surface area is 162 Å². The lowest BCUT2D eigenvalue weighted by molar-refractivity contribution is -0.161. The maximum absolute atomic E-state index is 15.5. The van der Waals surface area contributed by atoms with Crippen molar-refractivity contribution in [3.8, 4) is 0 Å². The first-order valence-corrected chi connectivity index (χ1v) is 9.96. The SMILES string of the molecule is COC(=O)C1(C(F)(F)S(=O)(=O)c2ccccc2)Cc2cc(Br)ccc2C1=O. The van der Waals surface area contributed by atoms with E-state index in [2.05, 4.69) is 20.7 Å². The summed E-state index contributed by atoms with van der Waals surface area (Å²) < 4.78 is 61.4. The quantitative estimate of drug-likeness (QED) is 0.518. The Balaban J connectivity index is 2.26. The number of esters is 1. The minimum absolute atomic E-state index is 0.133. The van der Waals surface area contributed by atoms with Gasteiger partial charge in [-0.3, -0.25) is 9.59 Å². The number of methoxy groups -OCH3 is 1. The lowest BCUT2D eigenvalue weighted by Crippen LogP contribution is -2.56. The maximum atomic E-state index is 15.5. The second kappa shape index (κ2) is 6.49. The first-order chi connectivity index (χ1) is 12.6. The Morgan fingerprint density at radius 2 is 1.81 bits per heavy atom. The molecule has 0 saturated carbocycles. The van der Waals surface area contributed by atoms with E-state index in [-0.39, 0.29) is 11.1 Å². The summed E-state index contributed by atoms with van der Waals surface area (Å²) in [5.74, 6) is -2.87. The number of ketones is 1. The number of sulfone groups is 1. The van der Waals surface area contributed by atoms with Gasteiger partial charge in [0, 0.05) is 16.5 Å². The number of Topliss-reactive ketones (excluding diaryl/α,β-unsaturated/α-hetero) is 1. The third-order valence-corrected chi connectivity index (χ3v) is 6.99. The fourth-order valence-electron chi connectivity index (χ4n) is 3.20. The van der Waals surface area contributed by atoms with Crippen LogP contribution in [0.3, 0.4) is 0 Å². The molecule has 3 rings (SSSR count). The van der Waals surface area contributed by atoms with Crippen molar-refractivity contribution in [2.75, 3.05) is 7.11 Å². The van der Waals surface area contributed by atoms with E-state index in [1.165, 1.54) is 36.4 Å². The molecule has 1 unspecified atom stereocenters. The Morgan fingerprint density at radius 1 is 1.19 bits per heavy atom. The highest BCUT2D eigenvalue weighted by atomic mass is 79.9. The molecule has 2 aromatic carbocycles. The van der Waals surface area contributed by atoms with Crippen molar-refractivity contribution >= 4 is 37.5 Å². The van der Waals surface area contributed by atoms with Crippen molar-refractivity contribution in [3.63, 3.8) is 0 Å². The molecule has 0 fully saturated rings. The van der Waals surface area contributed by atoms with Crippen molar-refractivity contribution in [3.05, 3.63) is 64.1 Å². The minimum atomic E-state index is -5.36. The molecule has 1 atom stereocenters. The second-order valence-corrected chi connectivity index (χ2v) is 8.94. The molecule has 0 radical (unpaired) electrons. The molecule has 0 heterocycles. The smallest absolute Gasteiger partial charge is 0.373 e. The standard InChI is InChI=1S/C18H13BrF2O5S/c1-26-16(23)17(10-11-9-12(19)7-8-14(11)15(17)22)18(20,21)27(24,25)13-5-3-2-4-6-13/h2-9H,10H2,1H3. The van der Waals surface area contributed by atoms with Crippen LogP contribution in [-0.4, -0.2) is 32.5 Å². The number of alkyl halides is 2. The van der Waals surface area contributed by atoms with Crippen molar-refractivity contribution in [1.82, 2.24) is 0 Å². The van der Waals surface area contributed by atoms with Gasteiger partial charge < -0.3 is 4.74 Å². The number of hydrogen-bond acceptors (Lipinski definition) is 5. The van der Waals surface area contributed by atoms with Crippen LogP contribution in [0.1, 0.15) is 15.9 Å². The summed E-state index contributed by atoms with van der Waals surface area (Å²) in [5, 5.41) is -4.73. The average molecular weight is 459 g/mol. The highest BCUT2D eigenvalue weighted by molar-refractivity contribution is 9.10. The Hall–Kier alpha value is -2.13. The molecule has 5 nitrogen and oxygen atoms in total. The molecule has 27 heavy (non-hydrogen) atoms. The molecule has 0 aliphatic heterocycles. The molecule has 0 aromatic heterocycles. The number of rotatable bonds is 4. The van der Waals surface area contributed by atoms with Crippen molar-refractivity contribution in [2.45, 2.75) is 16.6 Å². The summed E-state index contributed by atoms with van der Waals surface area (Å²) in [6.45, 7) is 0. The van der Waals surface area contributed by atoms with E-state index < -0.39 is 43.6 Å². The predicted octanol–water partition coefficient (Wildman–Crippen LogP) is 3.41. The predicted molar refractivity (Wildman–Crippen MR) is 95.2 cm³/mol. The number of fused-ring (bicyclic) bond motifs is 1. The van der Waals surface area contributed by atoms with Gasteiger partial charge in [-0.2, -0.15) is 8.78 Å². The minimum Gasteiger partial charge on any atom is -0.468 e. The van der Waals surface area contributed by atoms with Gasteiger partial charge in [0.25, 0.3) is 0 Å². The highest BCUT2D eigenvalue weighted by Crippen LogP contribution is 2.53. The van der Waals surface area contributed by atoms with E-state index in [4.69, 9.17) is 0 Å². The van der Waals surface area contributed by atoms with E-state index in [1.807, 2.05) is 0 Å². The lowest BCUT2D eigenvalue weighted by Gasteiger charge is -2.32. The van der Waals surface area contributed by atoms with Crippen LogP contribution in [0.5, 0.6) is 0 Å². The van der Waals surface area contributed by atoms with Gasteiger partial charge in [-0.15, -0.1) is 0 Å². The van der Waals surface area contributed by atoms with Crippen LogP contribution >= 0.6 is 15.9 Å². The fraction of sp³-hybridized carbons (Fsp3) is 0.222. The van der Waals surface area contributed by atoms with Crippen molar-refractivity contribution in [1.29, 1.82) is 0 Å². The number of hydrogen-bond donors (Lipinski definition) is 0. The molecule has 1 aliphatic rings. The zero-order chi connectivity index (χ0) is 20.0. The van der Waals surface area contributed by atoms with Crippen LogP contribution in [0.2, 0.25) is 0 Å². The van der Waals surface area contributed by atoms with Crippen molar-refractivity contribution < 1.29 is 31.5 Å². The fourth-order valence-corrected chi connectivity index (χ4v) is 5.12. The summed E-state index contributed by atoms with van der Waals surface area (Å²) in [5.41, 5.74) is -3.19. The van der Waals surface area contributed by atoms with Gasteiger partial charge in [0.1, 0.15) is 0 Å².